The van der Waals surface area contributed by atoms with E-state index in [1.54, 1.807) is 0 Å². The van der Waals surface area contributed by atoms with Crippen molar-refractivity contribution in [3.63, 3.8) is 0 Å². The summed E-state index contributed by atoms with van der Waals surface area (Å²) < 4.78 is 0. The van der Waals surface area contributed by atoms with E-state index in [1.807, 2.05) is 0 Å². The van der Waals surface area contributed by atoms with Crippen LogP contribution in [0.2, 0.25) is 0 Å². The third-order valence-corrected chi connectivity index (χ3v) is 12.2. The van der Waals surface area contributed by atoms with Gasteiger partial charge in [-0.1, -0.05) is 53.7 Å². The van der Waals surface area contributed by atoms with Crippen molar-refractivity contribution in [2.45, 2.75) is 105 Å². The van der Waals surface area contributed by atoms with Crippen molar-refractivity contribution >= 4 is 0 Å². The third-order valence-electron chi connectivity index (χ3n) is 12.2. The molecule has 0 aromatic carbocycles. The van der Waals surface area contributed by atoms with Crippen LogP contribution in [0.15, 0.2) is 12.2 Å². The third kappa shape index (κ3) is 2.89. The van der Waals surface area contributed by atoms with Crippen LogP contribution < -0.4 is 0 Å². The van der Waals surface area contributed by atoms with Crippen LogP contribution in [-0.4, -0.2) is 11.2 Å². The summed E-state index contributed by atoms with van der Waals surface area (Å²) in [6.07, 6.45) is 17.4. The summed E-state index contributed by atoms with van der Waals surface area (Å²) in [5.41, 5.74) is 1.77. The van der Waals surface area contributed by atoms with E-state index in [0.717, 1.165) is 54.3 Å². The standard InChI is InChI=1S/C29H48O/c1-18(2)19(3)7-8-20(4)24-9-10-25-28(24,6)14-12-26-27(5)13-11-23(30)16-21(27)15-22-17-29(22,25)26/h7-8,18-26,30H,9-17H2,1-6H3/b8-7+/t19-,20+,21?,22?,23-,24+,25?,26?,27?,28?,29?/m0/s1. The maximum atomic E-state index is 10.4. The quantitative estimate of drug-likeness (QED) is 0.474. The van der Waals surface area contributed by atoms with Gasteiger partial charge in [0.05, 0.1) is 6.10 Å². The molecule has 5 aliphatic carbocycles. The van der Waals surface area contributed by atoms with E-state index in [2.05, 4.69) is 53.7 Å². The predicted molar refractivity (Wildman–Crippen MR) is 126 cm³/mol. The van der Waals surface area contributed by atoms with Gasteiger partial charge in [0.25, 0.3) is 0 Å². The summed E-state index contributed by atoms with van der Waals surface area (Å²) >= 11 is 0. The van der Waals surface area contributed by atoms with Gasteiger partial charge in [0.15, 0.2) is 0 Å². The number of aliphatic hydroxyl groups is 1. The number of rotatable bonds is 4. The Balaban J connectivity index is 1.38. The van der Waals surface area contributed by atoms with Gasteiger partial charge in [0, 0.05) is 0 Å². The lowest BCUT2D eigenvalue weighted by Gasteiger charge is -2.61. The molecule has 0 aromatic rings. The smallest absolute Gasteiger partial charge is 0.0543 e. The first kappa shape index (κ1) is 21.5. The van der Waals surface area contributed by atoms with Gasteiger partial charge < -0.3 is 5.11 Å². The van der Waals surface area contributed by atoms with E-state index in [1.165, 1.54) is 44.9 Å². The lowest BCUT2D eigenvalue weighted by Crippen LogP contribution is -2.55. The van der Waals surface area contributed by atoms with Crippen LogP contribution in [0.4, 0.5) is 0 Å². The molecular weight excluding hydrogens is 364 g/mol. The fraction of sp³-hybridized carbons (Fsp3) is 0.931. The summed E-state index contributed by atoms with van der Waals surface area (Å²) in [6, 6.07) is 0. The summed E-state index contributed by atoms with van der Waals surface area (Å²) in [4.78, 5) is 0. The molecule has 0 saturated heterocycles. The first-order valence-corrected chi connectivity index (χ1v) is 13.5. The minimum atomic E-state index is -0.0140. The maximum absolute atomic E-state index is 10.4. The Morgan fingerprint density at radius 3 is 2.23 bits per heavy atom. The molecule has 170 valence electrons. The zero-order valence-corrected chi connectivity index (χ0v) is 20.7. The second-order valence-corrected chi connectivity index (χ2v) is 13.6. The van der Waals surface area contributed by atoms with Gasteiger partial charge in [-0.15, -0.1) is 0 Å². The lowest BCUT2D eigenvalue weighted by molar-refractivity contribution is -0.138. The molecule has 7 unspecified atom stereocenters. The van der Waals surface area contributed by atoms with Crippen LogP contribution in [-0.2, 0) is 0 Å². The highest BCUT2D eigenvalue weighted by Crippen LogP contribution is 2.83. The molecule has 1 N–H and O–H groups in total. The minimum Gasteiger partial charge on any atom is -0.393 e. The minimum absolute atomic E-state index is 0.0140. The molecule has 0 radical (unpaired) electrons. The van der Waals surface area contributed by atoms with Gasteiger partial charge >= 0.3 is 0 Å². The molecule has 1 heteroatoms. The molecule has 0 amide bonds. The topological polar surface area (TPSA) is 20.2 Å². The molecule has 11 atom stereocenters. The second-order valence-electron chi connectivity index (χ2n) is 13.6. The maximum Gasteiger partial charge on any atom is 0.0543 e. The van der Waals surface area contributed by atoms with Crippen LogP contribution in [0.25, 0.3) is 0 Å². The number of hydrogen-bond acceptors (Lipinski definition) is 1. The van der Waals surface area contributed by atoms with Crippen molar-refractivity contribution in [1.82, 2.24) is 0 Å². The van der Waals surface area contributed by atoms with Crippen molar-refractivity contribution in [2.24, 2.45) is 63.6 Å². The SMILES string of the molecule is CC(C)[C@@H](C)/C=C/[C@@H](C)[C@H]1CCC2C34CC3CC3C[C@@H](O)CCC3(C)C4CCC21C. The van der Waals surface area contributed by atoms with Gasteiger partial charge in [-0.3, -0.25) is 0 Å². The number of hydrogen-bond donors (Lipinski definition) is 1. The Kier molecular flexibility index (Phi) is 5.10. The number of aliphatic hydroxyl groups excluding tert-OH is 1. The van der Waals surface area contributed by atoms with Crippen molar-refractivity contribution in [2.75, 3.05) is 0 Å². The Morgan fingerprint density at radius 1 is 0.800 bits per heavy atom. The molecule has 1 nitrogen and oxygen atoms in total. The number of fused-ring (bicyclic) bond motifs is 3. The largest absolute Gasteiger partial charge is 0.393 e. The molecule has 1 spiro atoms. The Labute approximate surface area is 186 Å². The molecule has 0 bridgehead atoms. The van der Waals surface area contributed by atoms with E-state index < -0.39 is 0 Å². The Morgan fingerprint density at radius 2 is 1.50 bits per heavy atom. The molecule has 0 aliphatic heterocycles. The fourth-order valence-corrected chi connectivity index (χ4v) is 10.1. The molecule has 0 aromatic heterocycles. The predicted octanol–water partition coefficient (Wildman–Crippen LogP) is 7.49. The normalized spacial score (nSPS) is 54.3. The van der Waals surface area contributed by atoms with Gasteiger partial charge in [0.2, 0.25) is 0 Å². The van der Waals surface area contributed by atoms with Gasteiger partial charge in [-0.25, -0.2) is 0 Å². The highest BCUT2D eigenvalue weighted by molar-refractivity contribution is 5.24. The molecular formula is C29H48O. The Hall–Kier alpha value is -0.300. The van der Waals surface area contributed by atoms with Crippen LogP contribution in [0.1, 0.15) is 99.3 Å². The lowest BCUT2D eigenvalue weighted by atomic mass is 9.43. The monoisotopic (exact) mass is 412 g/mol. The first-order chi connectivity index (χ1) is 14.1. The molecule has 5 rings (SSSR count). The summed E-state index contributed by atoms with van der Waals surface area (Å²) in [5, 5.41) is 10.4. The zero-order chi connectivity index (χ0) is 21.5. The number of allylic oxidation sites excluding steroid dienone is 2. The van der Waals surface area contributed by atoms with Gasteiger partial charge in [-0.05, 0) is 121 Å². The average Bonchev–Trinajstić information content (AvgIpc) is 3.26. The van der Waals surface area contributed by atoms with E-state index in [-0.39, 0.29) is 6.10 Å². The van der Waals surface area contributed by atoms with Crippen LogP contribution in [0.3, 0.4) is 0 Å². The fourth-order valence-electron chi connectivity index (χ4n) is 10.1. The zero-order valence-electron chi connectivity index (χ0n) is 20.7. The highest BCUT2D eigenvalue weighted by atomic mass is 16.3. The molecule has 5 saturated carbocycles. The van der Waals surface area contributed by atoms with E-state index >= 15 is 0 Å². The highest BCUT2D eigenvalue weighted by Gasteiger charge is 2.76. The Bertz CT molecular complexity index is 694. The molecule has 5 fully saturated rings. The van der Waals surface area contributed by atoms with Gasteiger partial charge in [0.1, 0.15) is 0 Å². The molecule has 30 heavy (non-hydrogen) atoms. The van der Waals surface area contributed by atoms with Crippen molar-refractivity contribution < 1.29 is 5.11 Å². The van der Waals surface area contributed by atoms with E-state index in [9.17, 15) is 5.11 Å². The van der Waals surface area contributed by atoms with E-state index in [4.69, 9.17) is 0 Å². The summed E-state index contributed by atoms with van der Waals surface area (Å²) in [6.45, 7) is 15.0. The van der Waals surface area contributed by atoms with Crippen LogP contribution in [0, 0.1) is 63.6 Å². The van der Waals surface area contributed by atoms with Gasteiger partial charge in [-0.2, -0.15) is 0 Å². The van der Waals surface area contributed by atoms with Crippen LogP contribution >= 0.6 is 0 Å². The second kappa shape index (κ2) is 7.10. The van der Waals surface area contributed by atoms with Crippen molar-refractivity contribution in [3.05, 3.63) is 12.2 Å². The van der Waals surface area contributed by atoms with E-state index in [0.29, 0.717) is 22.2 Å². The van der Waals surface area contributed by atoms with Crippen LogP contribution in [0.5, 0.6) is 0 Å². The summed E-state index contributed by atoms with van der Waals surface area (Å²) in [5.74, 6) is 6.75. The summed E-state index contributed by atoms with van der Waals surface area (Å²) in [7, 11) is 0. The average molecular weight is 413 g/mol. The molecule has 5 aliphatic rings. The van der Waals surface area contributed by atoms with Crippen molar-refractivity contribution in [3.8, 4) is 0 Å². The first-order valence-electron chi connectivity index (χ1n) is 13.5. The van der Waals surface area contributed by atoms with Crippen molar-refractivity contribution in [1.29, 1.82) is 0 Å². The molecule has 0 heterocycles.